The monoisotopic (exact) mass is 304 g/mol. The molecule has 0 saturated heterocycles. The van der Waals surface area contributed by atoms with Crippen molar-refractivity contribution in [1.82, 2.24) is 0 Å². The van der Waals surface area contributed by atoms with Crippen molar-refractivity contribution >= 4 is 15.9 Å². The summed E-state index contributed by atoms with van der Waals surface area (Å²) in [6.45, 7) is 4.12. The SMILES string of the molecule is Cc1ccc(C(O)Cc2ccccc2C)cc1Br. The first-order chi connectivity index (χ1) is 8.58. The third-order valence-corrected chi connectivity index (χ3v) is 4.11. The Kier molecular flexibility index (Phi) is 4.20. The normalized spacial score (nSPS) is 12.4. The van der Waals surface area contributed by atoms with Crippen molar-refractivity contribution in [1.29, 1.82) is 0 Å². The molecular formula is C16H17BrO. The van der Waals surface area contributed by atoms with Crippen molar-refractivity contribution in [2.24, 2.45) is 0 Å². The molecule has 1 N–H and O–H groups in total. The number of benzene rings is 2. The number of aliphatic hydroxyl groups is 1. The van der Waals surface area contributed by atoms with Crippen LogP contribution in [0.2, 0.25) is 0 Å². The lowest BCUT2D eigenvalue weighted by Gasteiger charge is -2.14. The average Bonchev–Trinajstić information content (AvgIpc) is 2.35. The van der Waals surface area contributed by atoms with Crippen molar-refractivity contribution in [3.63, 3.8) is 0 Å². The fourth-order valence-corrected chi connectivity index (χ4v) is 2.38. The van der Waals surface area contributed by atoms with Gasteiger partial charge in [-0.05, 0) is 42.2 Å². The van der Waals surface area contributed by atoms with Gasteiger partial charge >= 0.3 is 0 Å². The zero-order valence-corrected chi connectivity index (χ0v) is 12.2. The summed E-state index contributed by atoms with van der Waals surface area (Å²) in [4.78, 5) is 0. The minimum Gasteiger partial charge on any atom is -0.388 e. The Balaban J connectivity index is 2.19. The Morgan fingerprint density at radius 1 is 1.06 bits per heavy atom. The largest absolute Gasteiger partial charge is 0.388 e. The van der Waals surface area contributed by atoms with Gasteiger partial charge in [0.05, 0.1) is 6.10 Å². The molecule has 0 aromatic heterocycles. The Morgan fingerprint density at radius 3 is 2.44 bits per heavy atom. The van der Waals surface area contributed by atoms with Gasteiger partial charge in [0.25, 0.3) is 0 Å². The summed E-state index contributed by atoms with van der Waals surface area (Å²) < 4.78 is 1.05. The van der Waals surface area contributed by atoms with Gasteiger partial charge in [0.15, 0.2) is 0 Å². The molecule has 2 aromatic carbocycles. The Hall–Kier alpha value is -1.12. The number of halogens is 1. The number of hydrogen-bond donors (Lipinski definition) is 1. The molecule has 0 aliphatic carbocycles. The molecule has 0 fully saturated rings. The molecule has 0 bridgehead atoms. The summed E-state index contributed by atoms with van der Waals surface area (Å²) in [5.74, 6) is 0. The number of rotatable bonds is 3. The van der Waals surface area contributed by atoms with Crippen molar-refractivity contribution in [3.8, 4) is 0 Å². The van der Waals surface area contributed by atoms with Crippen molar-refractivity contribution < 1.29 is 5.11 Å². The Morgan fingerprint density at radius 2 is 1.78 bits per heavy atom. The van der Waals surface area contributed by atoms with Gasteiger partial charge in [0.2, 0.25) is 0 Å². The van der Waals surface area contributed by atoms with Gasteiger partial charge in [-0.1, -0.05) is 52.3 Å². The smallest absolute Gasteiger partial charge is 0.0830 e. The molecule has 2 aromatic rings. The fraction of sp³-hybridized carbons (Fsp3) is 0.250. The van der Waals surface area contributed by atoms with E-state index in [1.807, 2.05) is 37.3 Å². The molecule has 1 atom stereocenters. The van der Waals surface area contributed by atoms with Gasteiger partial charge in [0, 0.05) is 10.9 Å². The molecule has 0 saturated carbocycles. The summed E-state index contributed by atoms with van der Waals surface area (Å²) >= 11 is 3.50. The molecule has 2 heteroatoms. The third-order valence-electron chi connectivity index (χ3n) is 3.26. The summed E-state index contributed by atoms with van der Waals surface area (Å²) in [7, 11) is 0. The number of hydrogen-bond acceptors (Lipinski definition) is 1. The molecule has 1 unspecified atom stereocenters. The van der Waals surface area contributed by atoms with Crippen LogP contribution in [0.5, 0.6) is 0 Å². The molecular weight excluding hydrogens is 288 g/mol. The van der Waals surface area contributed by atoms with E-state index in [1.54, 1.807) is 0 Å². The minimum atomic E-state index is -0.456. The summed E-state index contributed by atoms with van der Waals surface area (Å²) in [5.41, 5.74) is 4.56. The lowest BCUT2D eigenvalue weighted by Crippen LogP contribution is -2.03. The first kappa shape index (κ1) is 13.3. The number of aliphatic hydroxyl groups excluding tert-OH is 1. The van der Waals surface area contributed by atoms with Crippen molar-refractivity contribution in [3.05, 3.63) is 69.2 Å². The van der Waals surface area contributed by atoms with E-state index in [2.05, 4.69) is 35.0 Å². The Bertz CT molecular complexity index is 549. The zero-order valence-electron chi connectivity index (χ0n) is 10.7. The van der Waals surface area contributed by atoms with Crippen LogP contribution in [0.1, 0.15) is 28.4 Å². The highest BCUT2D eigenvalue weighted by Gasteiger charge is 2.10. The van der Waals surface area contributed by atoms with Crippen LogP contribution in [-0.2, 0) is 6.42 Å². The minimum absolute atomic E-state index is 0.456. The van der Waals surface area contributed by atoms with Crippen molar-refractivity contribution in [2.45, 2.75) is 26.4 Å². The predicted octanol–water partition coefficient (Wildman–Crippen LogP) is 4.34. The van der Waals surface area contributed by atoms with E-state index in [0.717, 1.165) is 10.0 Å². The molecule has 0 aliphatic rings. The van der Waals surface area contributed by atoms with Crippen LogP contribution in [0.15, 0.2) is 46.9 Å². The standard InChI is InChI=1S/C16H17BrO/c1-11-5-3-4-6-13(11)10-16(18)14-8-7-12(2)15(17)9-14/h3-9,16,18H,10H2,1-2H3. The molecule has 2 rings (SSSR count). The van der Waals surface area contributed by atoms with Crippen LogP contribution in [0.3, 0.4) is 0 Å². The third kappa shape index (κ3) is 3.01. The summed E-state index contributed by atoms with van der Waals surface area (Å²) in [6, 6.07) is 14.2. The lowest BCUT2D eigenvalue weighted by molar-refractivity contribution is 0.178. The molecule has 94 valence electrons. The molecule has 0 spiro atoms. The van der Waals surface area contributed by atoms with Gasteiger partial charge in [-0.3, -0.25) is 0 Å². The van der Waals surface area contributed by atoms with Crippen molar-refractivity contribution in [2.75, 3.05) is 0 Å². The predicted molar refractivity (Wildman–Crippen MR) is 78.7 cm³/mol. The first-order valence-electron chi connectivity index (χ1n) is 6.06. The maximum absolute atomic E-state index is 10.3. The van der Waals surface area contributed by atoms with E-state index < -0.39 is 6.10 Å². The highest BCUT2D eigenvalue weighted by Crippen LogP contribution is 2.25. The second-order valence-electron chi connectivity index (χ2n) is 4.66. The van der Waals surface area contributed by atoms with Crippen LogP contribution >= 0.6 is 15.9 Å². The maximum atomic E-state index is 10.3. The van der Waals surface area contributed by atoms with Gasteiger partial charge in [-0.2, -0.15) is 0 Å². The van der Waals surface area contributed by atoms with E-state index in [4.69, 9.17) is 0 Å². The fourth-order valence-electron chi connectivity index (χ4n) is 1.98. The molecule has 0 aliphatic heterocycles. The van der Waals surface area contributed by atoms with Crippen LogP contribution in [0.25, 0.3) is 0 Å². The topological polar surface area (TPSA) is 20.2 Å². The second-order valence-corrected chi connectivity index (χ2v) is 5.51. The highest BCUT2D eigenvalue weighted by molar-refractivity contribution is 9.10. The number of aryl methyl sites for hydroxylation is 2. The summed E-state index contributed by atoms with van der Waals surface area (Å²) in [6.07, 6.45) is 0.199. The van der Waals surface area contributed by atoms with E-state index in [9.17, 15) is 5.11 Å². The van der Waals surface area contributed by atoms with Gasteiger partial charge in [-0.15, -0.1) is 0 Å². The van der Waals surface area contributed by atoms with E-state index >= 15 is 0 Å². The van der Waals surface area contributed by atoms with Crippen LogP contribution < -0.4 is 0 Å². The van der Waals surface area contributed by atoms with Gasteiger partial charge in [-0.25, -0.2) is 0 Å². The van der Waals surface area contributed by atoms with E-state index in [1.165, 1.54) is 16.7 Å². The molecule has 0 amide bonds. The molecule has 1 nitrogen and oxygen atoms in total. The van der Waals surface area contributed by atoms with E-state index in [-0.39, 0.29) is 0 Å². The zero-order chi connectivity index (χ0) is 13.1. The first-order valence-corrected chi connectivity index (χ1v) is 6.86. The maximum Gasteiger partial charge on any atom is 0.0830 e. The van der Waals surface area contributed by atoms with Crippen LogP contribution in [0, 0.1) is 13.8 Å². The average molecular weight is 305 g/mol. The second kappa shape index (κ2) is 5.68. The highest BCUT2D eigenvalue weighted by atomic mass is 79.9. The van der Waals surface area contributed by atoms with Crippen LogP contribution in [0.4, 0.5) is 0 Å². The van der Waals surface area contributed by atoms with Gasteiger partial charge in [0.1, 0.15) is 0 Å². The Labute approximate surface area is 117 Å². The molecule has 18 heavy (non-hydrogen) atoms. The van der Waals surface area contributed by atoms with Gasteiger partial charge < -0.3 is 5.11 Å². The van der Waals surface area contributed by atoms with Crippen LogP contribution in [-0.4, -0.2) is 5.11 Å². The summed E-state index contributed by atoms with van der Waals surface area (Å²) in [5, 5.41) is 10.3. The molecule has 0 heterocycles. The van der Waals surface area contributed by atoms with E-state index in [0.29, 0.717) is 6.42 Å². The molecule has 0 radical (unpaired) electrons. The lowest BCUT2D eigenvalue weighted by atomic mass is 9.98. The quantitative estimate of drug-likeness (QED) is 0.894.